The van der Waals surface area contributed by atoms with Gasteiger partial charge >= 0.3 is 5.97 Å². The smallest absolute Gasteiger partial charge is 0.328 e. The van der Waals surface area contributed by atoms with Crippen molar-refractivity contribution in [3.05, 3.63) is 0 Å². The Morgan fingerprint density at radius 3 is 1.45 bits per heavy atom. The molecule has 0 aromatic heterocycles. The monoisotopic (exact) mass is 416 g/mol. The Balaban J connectivity index is 5.43. The van der Waals surface area contributed by atoms with Gasteiger partial charge < -0.3 is 31.9 Å². The summed E-state index contributed by atoms with van der Waals surface area (Å²) < 4.78 is 0. The van der Waals surface area contributed by atoms with Crippen molar-refractivity contribution in [2.24, 2.45) is 17.6 Å². The minimum absolute atomic E-state index is 0.0167. The number of hydrogen-bond acceptors (Lipinski definition) is 6. The van der Waals surface area contributed by atoms with Crippen LogP contribution in [0, 0.1) is 11.8 Å². The van der Waals surface area contributed by atoms with Gasteiger partial charge in [-0.25, -0.2) is 4.79 Å². The van der Waals surface area contributed by atoms with Gasteiger partial charge in [-0.05, 0) is 38.5 Å². The van der Waals surface area contributed by atoms with Crippen LogP contribution in [-0.2, 0) is 19.2 Å². The van der Waals surface area contributed by atoms with E-state index < -0.39 is 54.0 Å². The lowest BCUT2D eigenvalue weighted by Crippen LogP contribution is -2.58. The fourth-order valence-electron chi connectivity index (χ4n) is 2.62. The van der Waals surface area contributed by atoms with Crippen LogP contribution in [0.5, 0.6) is 0 Å². The number of carboxylic acids is 1. The summed E-state index contributed by atoms with van der Waals surface area (Å²) in [6, 6.07) is -4.21. The van der Waals surface area contributed by atoms with Gasteiger partial charge in [-0.15, -0.1) is 0 Å². The summed E-state index contributed by atoms with van der Waals surface area (Å²) in [5, 5.41) is 26.2. The summed E-state index contributed by atoms with van der Waals surface area (Å²) >= 11 is 0. The highest BCUT2D eigenvalue weighted by molar-refractivity contribution is 5.94. The zero-order valence-corrected chi connectivity index (χ0v) is 18.1. The largest absolute Gasteiger partial charge is 0.480 e. The molecule has 10 heteroatoms. The molecule has 0 saturated heterocycles. The fraction of sp³-hybridized carbons (Fsp3) is 0.789. The van der Waals surface area contributed by atoms with Crippen molar-refractivity contribution in [1.82, 2.24) is 16.0 Å². The first-order chi connectivity index (χ1) is 13.3. The molecule has 0 aliphatic carbocycles. The molecule has 7 N–H and O–H groups in total. The molecule has 0 aromatic carbocycles. The summed E-state index contributed by atoms with van der Waals surface area (Å²) in [6.45, 7) is 10.2. The number of carbonyl (C=O) groups is 4. The van der Waals surface area contributed by atoms with Crippen LogP contribution in [0.2, 0.25) is 0 Å². The van der Waals surface area contributed by atoms with Crippen molar-refractivity contribution in [2.45, 2.75) is 84.7 Å². The third-order valence-electron chi connectivity index (χ3n) is 4.14. The summed E-state index contributed by atoms with van der Waals surface area (Å²) in [6.07, 6.45) is -0.726. The highest BCUT2D eigenvalue weighted by Crippen LogP contribution is 2.10. The van der Waals surface area contributed by atoms with Gasteiger partial charge in [0.2, 0.25) is 17.7 Å². The maximum Gasteiger partial charge on any atom is 0.328 e. The number of nitrogens with two attached hydrogens (primary N) is 1. The second kappa shape index (κ2) is 12.4. The van der Waals surface area contributed by atoms with Gasteiger partial charge in [0.15, 0.2) is 6.04 Å². The molecule has 0 saturated carbocycles. The van der Waals surface area contributed by atoms with Gasteiger partial charge in [-0.1, -0.05) is 27.7 Å². The van der Waals surface area contributed by atoms with E-state index in [1.54, 1.807) is 0 Å². The van der Waals surface area contributed by atoms with E-state index in [1.807, 2.05) is 27.7 Å². The number of amides is 3. The van der Waals surface area contributed by atoms with Crippen molar-refractivity contribution < 1.29 is 29.4 Å². The quantitative estimate of drug-likeness (QED) is 0.245. The fourth-order valence-corrected chi connectivity index (χ4v) is 2.62. The minimum Gasteiger partial charge on any atom is -0.480 e. The van der Waals surface area contributed by atoms with E-state index in [2.05, 4.69) is 16.0 Å². The second-order valence-corrected chi connectivity index (χ2v) is 8.24. The van der Waals surface area contributed by atoms with Gasteiger partial charge in [-0.2, -0.15) is 0 Å². The molecule has 0 rings (SSSR count). The number of hydrogen-bond donors (Lipinski definition) is 6. The van der Waals surface area contributed by atoms with E-state index in [-0.39, 0.29) is 18.3 Å². The van der Waals surface area contributed by atoms with Crippen LogP contribution in [-0.4, -0.2) is 64.2 Å². The third-order valence-corrected chi connectivity index (χ3v) is 4.14. The van der Waals surface area contributed by atoms with E-state index >= 15 is 0 Å². The molecule has 29 heavy (non-hydrogen) atoms. The van der Waals surface area contributed by atoms with E-state index in [1.165, 1.54) is 13.8 Å². The predicted octanol–water partition coefficient (Wildman–Crippen LogP) is -0.654. The molecule has 3 amide bonds. The normalized spacial score (nSPS) is 16.5. The number of nitrogens with one attached hydrogen (secondary N) is 3. The van der Waals surface area contributed by atoms with Crippen molar-refractivity contribution in [2.75, 3.05) is 0 Å². The Labute approximate surface area is 172 Å². The van der Waals surface area contributed by atoms with Gasteiger partial charge in [0.05, 0.1) is 12.1 Å². The Morgan fingerprint density at radius 2 is 1.14 bits per heavy atom. The molecule has 5 unspecified atom stereocenters. The minimum atomic E-state index is -1.50. The molecule has 168 valence electrons. The number of aliphatic hydroxyl groups is 1. The van der Waals surface area contributed by atoms with Gasteiger partial charge in [0.1, 0.15) is 12.1 Å². The molecule has 5 atom stereocenters. The van der Waals surface area contributed by atoms with E-state index in [0.29, 0.717) is 6.42 Å². The Hall–Kier alpha value is -2.20. The van der Waals surface area contributed by atoms with Gasteiger partial charge in [0.25, 0.3) is 0 Å². The molecule has 0 aliphatic heterocycles. The number of aliphatic carboxylic acids is 1. The number of aliphatic hydroxyl groups excluding tert-OH is 1. The van der Waals surface area contributed by atoms with Crippen LogP contribution in [0.4, 0.5) is 0 Å². The molecule has 0 radical (unpaired) electrons. The third kappa shape index (κ3) is 10.2. The van der Waals surface area contributed by atoms with Crippen LogP contribution < -0.4 is 21.7 Å². The van der Waals surface area contributed by atoms with Gasteiger partial charge in [0, 0.05) is 0 Å². The van der Waals surface area contributed by atoms with Crippen molar-refractivity contribution in [1.29, 1.82) is 0 Å². The van der Waals surface area contributed by atoms with Crippen molar-refractivity contribution >= 4 is 23.7 Å². The van der Waals surface area contributed by atoms with E-state index in [4.69, 9.17) is 10.8 Å². The standard InChI is InChI=1S/C19H36N4O6/c1-9(2)7-13(21-16(25)11(5)20)17(26)22-14(8-10(3)4)18(27)23-15(12(6)24)19(28)29/h9-15,24H,7-8,20H2,1-6H3,(H,21,25)(H,22,26)(H,23,27)(H,28,29). The predicted molar refractivity (Wildman–Crippen MR) is 108 cm³/mol. The average Bonchev–Trinajstić information content (AvgIpc) is 2.56. The second-order valence-electron chi connectivity index (χ2n) is 8.24. The lowest BCUT2D eigenvalue weighted by atomic mass is 9.99. The molecule has 0 spiro atoms. The first-order valence-electron chi connectivity index (χ1n) is 9.83. The van der Waals surface area contributed by atoms with E-state index in [0.717, 1.165) is 0 Å². The summed E-state index contributed by atoms with van der Waals surface area (Å²) in [5.41, 5.74) is 5.55. The highest BCUT2D eigenvalue weighted by Gasteiger charge is 2.32. The first-order valence-corrected chi connectivity index (χ1v) is 9.83. The molecule has 0 heterocycles. The maximum absolute atomic E-state index is 12.8. The Morgan fingerprint density at radius 1 is 0.759 bits per heavy atom. The summed E-state index contributed by atoms with van der Waals surface area (Å²) in [7, 11) is 0. The first kappa shape index (κ1) is 26.8. The van der Waals surface area contributed by atoms with Crippen LogP contribution in [0.25, 0.3) is 0 Å². The molecular weight excluding hydrogens is 380 g/mol. The van der Waals surface area contributed by atoms with Crippen LogP contribution in [0.15, 0.2) is 0 Å². The van der Waals surface area contributed by atoms with E-state index in [9.17, 15) is 24.3 Å². The topological polar surface area (TPSA) is 171 Å². The number of carbonyl (C=O) groups excluding carboxylic acids is 3. The number of carboxylic acid groups (broad SMARTS) is 1. The maximum atomic E-state index is 12.8. The van der Waals surface area contributed by atoms with Gasteiger partial charge in [-0.3, -0.25) is 14.4 Å². The molecule has 10 nitrogen and oxygen atoms in total. The highest BCUT2D eigenvalue weighted by atomic mass is 16.4. The number of rotatable bonds is 12. The van der Waals surface area contributed by atoms with Crippen LogP contribution in [0.3, 0.4) is 0 Å². The zero-order chi connectivity index (χ0) is 22.9. The lowest BCUT2D eigenvalue weighted by Gasteiger charge is -2.27. The Kier molecular flexibility index (Phi) is 11.4. The molecule has 0 bridgehead atoms. The molecule has 0 aromatic rings. The average molecular weight is 417 g/mol. The molecule has 0 fully saturated rings. The lowest BCUT2D eigenvalue weighted by molar-refractivity contribution is -0.145. The Bertz CT molecular complexity index is 577. The molecular formula is C19H36N4O6. The summed E-state index contributed by atoms with van der Waals surface area (Å²) in [4.78, 5) is 48.6. The zero-order valence-electron chi connectivity index (χ0n) is 18.1. The molecule has 0 aliphatic rings. The van der Waals surface area contributed by atoms with Crippen LogP contribution in [0.1, 0.15) is 54.4 Å². The van der Waals surface area contributed by atoms with Crippen molar-refractivity contribution in [3.8, 4) is 0 Å². The summed E-state index contributed by atoms with van der Waals surface area (Å²) in [5.74, 6) is -3.05. The van der Waals surface area contributed by atoms with Crippen molar-refractivity contribution in [3.63, 3.8) is 0 Å². The van der Waals surface area contributed by atoms with Crippen LogP contribution >= 0.6 is 0 Å². The SMILES string of the molecule is CC(C)CC(NC(=O)C(C)N)C(=O)NC(CC(C)C)C(=O)NC(C(=O)O)C(C)O.